The predicted octanol–water partition coefficient (Wildman–Crippen LogP) is 6.39. The first-order valence-corrected chi connectivity index (χ1v) is 9.25. The minimum Gasteiger partial charge on any atom is -0.493 e. The molecule has 30 heavy (non-hydrogen) atoms. The van der Waals surface area contributed by atoms with Crippen LogP contribution in [-0.4, -0.2) is 13.3 Å². The molecule has 3 rings (SSSR count). The quantitative estimate of drug-likeness (QED) is 0.346. The second-order valence-electron chi connectivity index (χ2n) is 6.25. The van der Waals surface area contributed by atoms with Crippen LogP contribution in [-0.2, 0) is 12.8 Å². The van der Waals surface area contributed by atoms with Gasteiger partial charge in [0.1, 0.15) is 6.61 Å². The lowest BCUT2D eigenvalue weighted by Gasteiger charge is -2.11. The van der Waals surface area contributed by atoms with Crippen LogP contribution in [0.3, 0.4) is 0 Å². The van der Waals surface area contributed by atoms with E-state index in [1.54, 1.807) is 18.2 Å². The maximum atomic E-state index is 12.8. The molecule has 0 saturated heterocycles. The van der Waals surface area contributed by atoms with Crippen molar-refractivity contribution in [2.45, 2.75) is 12.8 Å². The molecule has 0 aliphatic rings. The fourth-order valence-electron chi connectivity index (χ4n) is 2.58. The predicted molar refractivity (Wildman–Crippen MR) is 111 cm³/mol. The Kier molecular flexibility index (Phi) is 6.84. The molecule has 0 fully saturated rings. The summed E-state index contributed by atoms with van der Waals surface area (Å²) in [7, 11) is 1.52. The summed E-state index contributed by atoms with van der Waals surface area (Å²) in [6.07, 6.45) is -3.02. The molecule has 0 heterocycles. The van der Waals surface area contributed by atoms with Crippen molar-refractivity contribution in [3.8, 4) is 11.5 Å². The third-order valence-electron chi connectivity index (χ3n) is 4.12. The van der Waals surface area contributed by atoms with Crippen molar-refractivity contribution in [2.24, 2.45) is 5.10 Å². The molecule has 0 amide bonds. The molecule has 156 valence electrons. The van der Waals surface area contributed by atoms with Gasteiger partial charge in [0.2, 0.25) is 0 Å². The van der Waals surface area contributed by atoms with Crippen LogP contribution < -0.4 is 14.9 Å². The number of hydrogen-bond donors (Lipinski definition) is 1. The molecular formula is C22H18ClF3N2O2. The van der Waals surface area contributed by atoms with Gasteiger partial charge in [0.25, 0.3) is 0 Å². The topological polar surface area (TPSA) is 42.8 Å². The first-order valence-electron chi connectivity index (χ1n) is 8.87. The molecule has 0 bridgehead atoms. The Hall–Kier alpha value is -3.19. The van der Waals surface area contributed by atoms with Crippen molar-refractivity contribution >= 4 is 23.5 Å². The summed E-state index contributed by atoms with van der Waals surface area (Å²) in [6.45, 7) is 0.389. The average Bonchev–Trinajstić information content (AvgIpc) is 2.74. The summed E-state index contributed by atoms with van der Waals surface area (Å²) >= 11 is 5.94. The number of hydrazone groups is 1. The Morgan fingerprint density at radius 3 is 2.47 bits per heavy atom. The molecule has 0 atom stereocenters. The SMILES string of the molecule is COc1cc(C=NNc2cc(C(F)(F)F)ccc2Cl)ccc1OCc1ccccc1. The smallest absolute Gasteiger partial charge is 0.416 e. The van der Waals surface area contributed by atoms with Crippen LogP contribution >= 0.6 is 11.6 Å². The minimum absolute atomic E-state index is 0.0533. The molecule has 0 saturated carbocycles. The van der Waals surface area contributed by atoms with E-state index in [1.165, 1.54) is 19.4 Å². The summed E-state index contributed by atoms with van der Waals surface area (Å²) < 4.78 is 49.7. The molecule has 0 aliphatic heterocycles. The fourth-order valence-corrected chi connectivity index (χ4v) is 2.74. The van der Waals surface area contributed by atoms with Gasteiger partial charge in [0.15, 0.2) is 11.5 Å². The lowest BCUT2D eigenvalue weighted by Crippen LogP contribution is -2.05. The molecular weight excluding hydrogens is 417 g/mol. The van der Waals surface area contributed by atoms with Crippen LogP contribution in [0.4, 0.5) is 18.9 Å². The van der Waals surface area contributed by atoms with E-state index < -0.39 is 11.7 Å². The van der Waals surface area contributed by atoms with E-state index in [1.807, 2.05) is 30.3 Å². The third-order valence-corrected chi connectivity index (χ3v) is 4.45. The molecule has 0 aliphatic carbocycles. The fraction of sp³-hybridized carbons (Fsp3) is 0.136. The molecule has 1 N–H and O–H groups in total. The number of anilines is 1. The molecule has 3 aromatic carbocycles. The Bertz CT molecular complexity index is 1020. The van der Waals surface area contributed by atoms with Crippen LogP contribution in [0.25, 0.3) is 0 Å². The number of rotatable bonds is 7. The van der Waals surface area contributed by atoms with E-state index in [0.717, 1.165) is 17.7 Å². The van der Waals surface area contributed by atoms with Crippen LogP contribution in [0.15, 0.2) is 71.8 Å². The highest BCUT2D eigenvalue weighted by Gasteiger charge is 2.30. The van der Waals surface area contributed by atoms with Gasteiger partial charge in [0.05, 0.1) is 29.6 Å². The molecule has 0 radical (unpaired) electrons. The van der Waals surface area contributed by atoms with Crippen molar-refractivity contribution in [1.82, 2.24) is 0 Å². The van der Waals surface area contributed by atoms with E-state index >= 15 is 0 Å². The molecule has 0 aromatic heterocycles. The largest absolute Gasteiger partial charge is 0.493 e. The number of halogens is 4. The average molecular weight is 435 g/mol. The summed E-state index contributed by atoms with van der Waals surface area (Å²) in [4.78, 5) is 0. The number of nitrogens with one attached hydrogen (secondary N) is 1. The molecule has 0 spiro atoms. The van der Waals surface area contributed by atoms with Crippen LogP contribution in [0.2, 0.25) is 5.02 Å². The maximum absolute atomic E-state index is 12.8. The van der Waals surface area contributed by atoms with Gasteiger partial charge in [-0.1, -0.05) is 41.9 Å². The highest BCUT2D eigenvalue weighted by molar-refractivity contribution is 6.33. The van der Waals surface area contributed by atoms with Crippen LogP contribution in [0.1, 0.15) is 16.7 Å². The number of nitrogens with zero attached hydrogens (tertiary/aromatic N) is 1. The van der Waals surface area contributed by atoms with Gasteiger partial charge >= 0.3 is 6.18 Å². The van der Waals surface area contributed by atoms with Gasteiger partial charge in [0, 0.05) is 0 Å². The van der Waals surface area contributed by atoms with E-state index in [0.29, 0.717) is 23.7 Å². The first kappa shape index (κ1) is 21.5. The second-order valence-corrected chi connectivity index (χ2v) is 6.65. The van der Waals surface area contributed by atoms with Crippen LogP contribution in [0.5, 0.6) is 11.5 Å². The molecule has 3 aromatic rings. The molecule has 4 nitrogen and oxygen atoms in total. The van der Waals surface area contributed by atoms with Crippen molar-refractivity contribution in [3.05, 3.63) is 88.4 Å². The van der Waals surface area contributed by atoms with Crippen molar-refractivity contribution in [3.63, 3.8) is 0 Å². The maximum Gasteiger partial charge on any atom is 0.416 e. The van der Waals surface area contributed by atoms with E-state index in [-0.39, 0.29) is 10.7 Å². The highest BCUT2D eigenvalue weighted by atomic mass is 35.5. The van der Waals surface area contributed by atoms with Gasteiger partial charge in [-0.15, -0.1) is 0 Å². The Morgan fingerprint density at radius 2 is 1.77 bits per heavy atom. The highest BCUT2D eigenvalue weighted by Crippen LogP contribution is 2.34. The number of alkyl halides is 3. The second kappa shape index (κ2) is 9.54. The molecule has 8 heteroatoms. The van der Waals surface area contributed by atoms with Gasteiger partial charge in [-0.3, -0.25) is 5.43 Å². The Balaban J connectivity index is 1.69. The normalized spacial score (nSPS) is 11.5. The summed E-state index contributed by atoms with van der Waals surface area (Å²) in [5.41, 5.74) is 3.46. The monoisotopic (exact) mass is 434 g/mol. The standard InChI is InChI=1S/C22H18ClF3N2O2/c1-29-21-11-16(7-10-20(21)30-14-15-5-3-2-4-6-15)13-27-28-19-12-17(22(24,25)26)8-9-18(19)23/h2-13,28H,14H2,1H3. The van der Waals surface area contributed by atoms with E-state index in [4.69, 9.17) is 21.1 Å². The number of benzene rings is 3. The van der Waals surface area contributed by atoms with Gasteiger partial charge in [-0.05, 0) is 47.5 Å². The third kappa shape index (κ3) is 5.67. The number of hydrogen-bond acceptors (Lipinski definition) is 4. The van der Waals surface area contributed by atoms with Gasteiger partial charge in [-0.25, -0.2) is 0 Å². The lowest BCUT2D eigenvalue weighted by molar-refractivity contribution is -0.137. The van der Waals surface area contributed by atoms with E-state index in [9.17, 15) is 13.2 Å². The van der Waals surface area contributed by atoms with Gasteiger partial charge in [-0.2, -0.15) is 18.3 Å². The van der Waals surface area contributed by atoms with Crippen molar-refractivity contribution in [1.29, 1.82) is 0 Å². The zero-order valence-corrected chi connectivity index (χ0v) is 16.7. The zero-order valence-electron chi connectivity index (χ0n) is 15.9. The minimum atomic E-state index is -4.46. The summed E-state index contributed by atoms with van der Waals surface area (Å²) in [5.74, 6) is 1.07. The first-order chi connectivity index (χ1) is 14.4. The Labute approximate surface area is 176 Å². The summed E-state index contributed by atoms with van der Waals surface area (Å²) in [5, 5.41) is 4.10. The van der Waals surface area contributed by atoms with Gasteiger partial charge < -0.3 is 9.47 Å². The van der Waals surface area contributed by atoms with Crippen molar-refractivity contribution in [2.75, 3.05) is 12.5 Å². The summed E-state index contributed by atoms with van der Waals surface area (Å²) in [6, 6.07) is 17.9. The van der Waals surface area contributed by atoms with E-state index in [2.05, 4.69) is 10.5 Å². The Morgan fingerprint density at radius 1 is 1.00 bits per heavy atom. The van der Waals surface area contributed by atoms with Crippen LogP contribution in [0, 0.1) is 0 Å². The zero-order chi connectivity index (χ0) is 21.6. The number of methoxy groups -OCH3 is 1. The number of ether oxygens (including phenoxy) is 2. The molecule has 0 unspecified atom stereocenters. The lowest BCUT2D eigenvalue weighted by atomic mass is 10.2. The van der Waals surface area contributed by atoms with Crippen molar-refractivity contribution < 1.29 is 22.6 Å².